The minimum Gasteiger partial charge on any atom is -0.491 e. The van der Waals surface area contributed by atoms with Crippen molar-refractivity contribution in [2.45, 2.75) is 44.4 Å². The molecule has 164 valence electrons. The van der Waals surface area contributed by atoms with Crippen LogP contribution in [-0.4, -0.2) is 13.1 Å². The smallest absolute Gasteiger partial charge is 0.343 e. The fraction of sp³-hybridized carbons (Fsp3) is 0.423. The standard InChI is InChI=1S/C26H28F2O3/c1-3-16-4-5-21-13-20(11-10-19(21)12-16)17-6-8-18(9-7-17)26(29)31-22-14-23(27)25(30-2)24(28)15-22/h3,6-9,14-16,19-21H,1,4-5,10-13H2,2H3. The van der Waals surface area contributed by atoms with E-state index in [1.54, 1.807) is 12.1 Å². The first-order valence-electron chi connectivity index (χ1n) is 11.0. The molecule has 0 heterocycles. The van der Waals surface area contributed by atoms with Gasteiger partial charge in [0.2, 0.25) is 0 Å². The summed E-state index contributed by atoms with van der Waals surface area (Å²) in [5.74, 6) is -0.409. The highest BCUT2D eigenvalue weighted by atomic mass is 19.1. The van der Waals surface area contributed by atoms with Crippen LogP contribution >= 0.6 is 0 Å². The van der Waals surface area contributed by atoms with Crippen molar-refractivity contribution < 1.29 is 23.0 Å². The molecule has 4 atom stereocenters. The third-order valence-electron chi connectivity index (χ3n) is 6.99. The Morgan fingerprint density at radius 2 is 1.65 bits per heavy atom. The fourth-order valence-electron chi connectivity index (χ4n) is 5.29. The van der Waals surface area contributed by atoms with E-state index in [1.165, 1.54) is 51.2 Å². The summed E-state index contributed by atoms with van der Waals surface area (Å²) < 4.78 is 37.4. The van der Waals surface area contributed by atoms with Crippen molar-refractivity contribution in [3.63, 3.8) is 0 Å². The van der Waals surface area contributed by atoms with Crippen molar-refractivity contribution in [3.05, 3.63) is 71.8 Å². The number of ether oxygens (including phenoxy) is 2. The summed E-state index contributed by atoms with van der Waals surface area (Å²) in [5.41, 5.74) is 1.59. The average Bonchev–Trinajstić information content (AvgIpc) is 2.78. The van der Waals surface area contributed by atoms with Crippen LogP contribution in [-0.2, 0) is 0 Å². The Kier molecular flexibility index (Phi) is 6.40. The minimum absolute atomic E-state index is 0.196. The largest absolute Gasteiger partial charge is 0.491 e. The van der Waals surface area contributed by atoms with E-state index in [9.17, 15) is 13.6 Å². The lowest BCUT2D eigenvalue weighted by atomic mass is 9.64. The van der Waals surface area contributed by atoms with Crippen LogP contribution in [0.3, 0.4) is 0 Å². The lowest BCUT2D eigenvalue weighted by molar-refractivity contribution is 0.0733. The maximum Gasteiger partial charge on any atom is 0.343 e. The molecule has 0 saturated heterocycles. The van der Waals surface area contributed by atoms with Gasteiger partial charge in [-0.3, -0.25) is 0 Å². The van der Waals surface area contributed by atoms with E-state index < -0.39 is 23.4 Å². The molecule has 2 aliphatic rings. The van der Waals surface area contributed by atoms with Gasteiger partial charge in [-0.25, -0.2) is 13.6 Å². The number of benzene rings is 2. The van der Waals surface area contributed by atoms with Crippen LogP contribution in [0.5, 0.6) is 11.5 Å². The van der Waals surface area contributed by atoms with Crippen LogP contribution in [0.4, 0.5) is 8.78 Å². The van der Waals surface area contributed by atoms with Crippen molar-refractivity contribution in [2.75, 3.05) is 7.11 Å². The molecule has 31 heavy (non-hydrogen) atoms. The van der Waals surface area contributed by atoms with Crippen molar-refractivity contribution in [1.82, 2.24) is 0 Å². The van der Waals surface area contributed by atoms with Gasteiger partial charge in [0.15, 0.2) is 17.4 Å². The van der Waals surface area contributed by atoms with Gasteiger partial charge in [-0.2, -0.15) is 0 Å². The van der Waals surface area contributed by atoms with E-state index in [1.807, 2.05) is 12.1 Å². The van der Waals surface area contributed by atoms with E-state index in [4.69, 9.17) is 4.74 Å². The number of allylic oxidation sites excluding steroid dienone is 1. The van der Waals surface area contributed by atoms with Gasteiger partial charge in [-0.1, -0.05) is 18.2 Å². The molecule has 5 heteroatoms. The Balaban J connectivity index is 1.39. The first-order valence-corrected chi connectivity index (χ1v) is 11.0. The van der Waals surface area contributed by atoms with Gasteiger partial charge in [0, 0.05) is 12.1 Å². The quantitative estimate of drug-likeness (QED) is 0.304. The van der Waals surface area contributed by atoms with Gasteiger partial charge in [-0.05, 0) is 79.9 Å². The van der Waals surface area contributed by atoms with Gasteiger partial charge in [0.1, 0.15) is 5.75 Å². The highest BCUT2D eigenvalue weighted by Crippen LogP contribution is 2.47. The SMILES string of the molecule is C=CC1CCC2CC(c3ccc(C(=O)Oc4cc(F)c(OC)c(F)c4)cc3)CCC2C1. The molecule has 2 aromatic rings. The molecule has 2 aliphatic carbocycles. The number of methoxy groups -OCH3 is 1. The van der Waals surface area contributed by atoms with Gasteiger partial charge in [0.05, 0.1) is 12.7 Å². The van der Waals surface area contributed by atoms with E-state index in [2.05, 4.69) is 17.4 Å². The van der Waals surface area contributed by atoms with Gasteiger partial charge >= 0.3 is 5.97 Å². The molecule has 2 aromatic carbocycles. The summed E-state index contributed by atoms with van der Waals surface area (Å²) in [5, 5.41) is 0. The molecular weight excluding hydrogens is 398 g/mol. The predicted octanol–water partition coefficient (Wildman–Crippen LogP) is 6.68. The zero-order valence-electron chi connectivity index (χ0n) is 17.8. The Bertz CT molecular complexity index is 931. The normalized spacial score (nSPS) is 25.4. The molecule has 0 aliphatic heterocycles. The zero-order valence-corrected chi connectivity index (χ0v) is 17.8. The van der Waals surface area contributed by atoms with Crippen molar-refractivity contribution in [2.24, 2.45) is 17.8 Å². The maximum atomic E-state index is 13.8. The Morgan fingerprint density at radius 1 is 1.00 bits per heavy atom. The molecule has 0 aromatic heterocycles. The van der Waals surface area contributed by atoms with Crippen LogP contribution in [0.1, 0.15) is 60.4 Å². The number of hydrogen-bond acceptors (Lipinski definition) is 3. The van der Waals surface area contributed by atoms with Gasteiger partial charge in [-0.15, -0.1) is 6.58 Å². The number of esters is 1. The molecule has 0 N–H and O–H groups in total. The second kappa shape index (κ2) is 9.21. The monoisotopic (exact) mass is 426 g/mol. The molecule has 4 rings (SSSR count). The van der Waals surface area contributed by atoms with Crippen LogP contribution in [0.25, 0.3) is 0 Å². The maximum absolute atomic E-state index is 13.8. The van der Waals surface area contributed by atoms with E-state index in [0.29, 0.717) is 17.4 Å². The van der Waals surface area contributed by atoms with E-state index >= 15 is 0 Å². The number of hydrogen-bond donors (Lipinski definition) is 0. The molecule has 4 unspecified atom stereocenters. The Morgan fingerprint density at radius 3 is 2.29 bits per heavy atom. The van der Waals surface area contributed by atoms with Gasteiger partial charge < -0.3 is 9.47 Å². The summed E-state index contributed by atoms with van der Waals surface area (Å²) in [6, 6.07) is 9.29. The Hall–Kier alpha value is -2.69. The molecule has 2 saturated carbocycles. The van der Waals surface area contributed by atoms with Crippen LogP contribution in [0, 0.1) is 29.4 Å². The van der Waals surface area contributed by atoms with E-state index in [0.717, 1.165) is 24.0 Å². The number of carbonyl (C=O) groups is 1. The minimum atomic E-state index is -0.918. The summed E-state index contributed by atoms with van der Waals surface area (Å²) in [6.07, 6.45) is 9.53. The van der Waals surface area contributed by atoms with Crippen molar-refractivity contribution in [1.29, 1.82) is 0 Å². The molecule has 0 bridgehead atoms. The molecular formula is C26H28F2O3. The van der Waals surface area contributed by atoms with Crippen molar-refractivity contribution >= 4 is 5.97 Å². The summed E-state index contributed by atoms with van der Waals surface area (Å²) in [6.45, 7) is 3.97. The molecule has 2 fully saturated rings. The molecule has 0 radical (unpaired) electrons. The zero-order chi connectivity index (χ0) is 22.0. The summed E-state index contributed by atoms with van der Waals surface area (Å²) >= 11 is 0. The molecule has 0 amide bonds. The van der Waals surface area contributed by atoms with Crippen molar-refractivity contribution in [3.8, 4) is 11.5 Å². The third kappa shape index (κ3) is 4.65. The number of halogens is 2. The highest BCUT2D eigenvalue weighted by Gasteiger charge is 2.35. The van der Waals surface area contributed by atoms with Crippen LogP contribution in [0.15, 0.2) is 49.1 Å². The molecule has 0 spiro atoms. The molecule has 3 nitrogen and oxygen atoms in total. The first kappa shape index (κ1) is 21.5. The highest BCUT2D eigenvalue weighted by molar-refractivity contribution is 5.91. The van der Waals surface area contributed by atoms with Crippen LogP contribution in [0.2, 0.25) is 0 Å². The average molecular weight is 427 g/mol. The summed E-state index contributed by atoms with van der Waals surface area (Å²) in [4.78, 5) is 12.4. The van der Waals surface area contributed by atoms with E-state index in [-0.39, 0.29) is 5.75 Å². The third-order valence-corrected chi connectivity index (χ3v) is 6.99. The lowest BCUT2D eigenvalue weighted by Gasteiger charge is -2.41. The van der Waals surface area contributed by atoms with Crippen LogP contribution < -0.4 is 9.47 Å². The number of carbonyl (C=O) groups excluding carboxylic acids is 1. The second-order valence-corrected chi connectivity index (χ2v) is 8.77. The topological polar surface area (TPSA) is 35.5 Å². The van der Waals surface area contributed by atoms with Gasteiger partial charge in [0.25, 0.3) is 0 Å². The predicted molar refractivity (Wildman–Crippen MR) is 115 cm³/mol. The number of rotatable bonds is 5. The fourth-order valence-corrected chi connectivity index (χ4v) is 5.29. The first-order chi connectivity index (χ1) is 15.0. The number of fused-ring (bicyclic) bond motifs is 1. The Labute approximate surface area is 182 Å². The second-order valence-electron chi connectivity index (χ2n) is 8.77. The summed E-state index contributed by atoms with van der Waals surface area (Å²) in [7, 11) is 1.17. The lowest BCUT2D eigenvalue weighted by Crippen LogP contribution is -2.29.